The summed E-state index contributed by atoms with van der Waals surface area (Å²) < 4.78 is 5.62. The molecule has 2 N–H and O–H groups in total. The van der Waals surface area contributed by atoms with Crippen molar-refractivity contribution in [2.45, 2.75) is 45.8 Å². The summed E-state index contributed by atoms with van der Waals surface area (Å²) in [6, 6.07) is 5.94. The van der Waals surface area contributed by atoms with Crippen LogP contribution in [0.2, 0.25) is 0 Å². The van der Waals surface area contributed by atoms with Gasteiger partial charge in [-0.1, -0.05) is 11.6 Å². The van der Waals surface area contributed by atoms with Gasteiger partial charge >= 0.3 is 0 Å². The Bertz CT molecular complexity index is 468. The van der Waals surface area contributed by atoms with Gasteiger partial charge in [0.1, 0.15) is 0 Å². The van der Waals surface area contributed by atoms with E-state index in [2.05, 4.69) is 10.6 Å². The highest BCUT2D eigenvalue weighted by atomic mass is 16.5. The third-order valence-electron chi connectivity index (χ3n) is 3.67. The number of rotatable bonds is 5. The highest BCUT2D eigenvalue weighted by molar-refractivity contribution is 6.00. The Hall–Kier alpha value is -1.55. The molecular formula is C16H24N2O2. The first kappa shape index (κ1) is 14.9. The first-order valence-electron chi connectivity index (χ1n) is 7.38. The molecule has 1 aliphatic rings. The lowest BCUT2D eigenvalue weighted by Crippen LogP contribution is -2.41. The quantitative estimate of drug-likeness (QED) is 0.869. The molecule has 4 heteroatoms. The van der Waals surface area contributed by atoms with Gasteiger partial charge in [-0.25, -0.2) is 0 Å². The van der Waals surface area contributed by atoms with Crippen molar-refractivity contribution in [2.24, 2.45) is 0 Å². The van der Waals surface area contributed by atoms with Crippen LogP contribution in [-0.2, 0) is 4.74 Å². The number of benzene rings is 1. The van der Waals surface area contributed by atoms with Crippen molar-refractivity contribution < 1.29 is 9.53 Å². The van der Waals surface area contributed by atoms with Crippen molar-refractivity contribution in [3.05, 3.63) is 29.3 Å². The Morgan fingerprint density at radius 3 is 2.95 bits per heavy atom. The predicted molar refractivity (Wildman–Crippen MR) is 81.2 cm³/mol. The first-order chi connectivity index (χ1) is 9.61. The van der Waals surface area contributed by atoms with Crippen LogP contribution in [0.25, 0.3) is 0 Å². The van der Waals surface area contributed by atoms with Crippen molar-refractivity contribution in [1.29, 1.82) is 0 Å². The molecule has 1 saturated heterocycles. The predicted octanol–water partition coefficient (Wildman–Crippen LogP) is 2.72. The minimum absolute atomic E-state index is 0.0346. The second-order valence-corrected chi connectivity index (χ2v) is 5.39. The number of nitrogens with one attached hydrogen (secondary N) is 2. The number of ether oxygens (including phenoxy) is 1. The Morgan fingerprint density at radius 1 is 1.50 bits per heavy atom. The fourth-order valence-corrected chi connectivity index (χ4v) is 2.56. The number of carbonyl (C=O) groups excluding carboxylic acids is 1. The Morgan fingerprint density at radius 2 is 2.30 bits per heavy atom. The van der Waals surface area contributed by atoms with Crippen LogP contribution in [0.15, 0.2) is 18.2 Å². The molecular weight excluding hydrogens is 252 g/mol. The SMILES string of the molecule is CCNc1ccc(C)cc1C(=O)NC(C)C1CCCO1. The van der Waals surface area contributed by atoms with Crippen LogP contribution in [-0.4, -0.2) is 31.2 Å². The lowest BCUT2D eigenvalue weighted by molar-refractivity contribution is 0.0713. The van der Waals surface area contributed by atoms with E-state index in [1.165, 1.54) is 0 Å². The molecule has 0 spiro atoms. The van der Waals surface area contributed by atoms with E-state index in [-0.39, 0.29) is 18.1 Å². The molecule has 0 aliphatic carbocycles. The van der Waals surface area contributed by atoms with E-state index < -0.39 is 0 Å². The second kappa shape index (κ2) is 6.75. The minimum atomic E-state index is -0.0346. The van der Waals surface area contributed by atoms with Gasteiger partial charge in [0, 0.05) is 18.8 Å². The summed E-state index contributed by atoms with van der Waals surface area (Å²) in [5, 5.41) is 6.30. The molecule has 0 radical (unpaired) electrons. The highest BCUT2D eigenvalue weighted by Crippen LogP contribution is 2.19. The molecule has 0 aromatic heterocycles. The third kappa shape index (κ3) is 3.51. The molecule has 1 aromatic rings. The molecule has 1 heterocycles. The number of amides is 1. The van der Waals surface area contributed by atoms with Crippen molar-refractivity contribution >= 4 is 11.6 Å². The summed E-state index contributed by atoms with van der Waals surface area (Å²) in [5.41, 5.74) is 2.67. The van der Waals surface area contributed by atoms with Gasteiger partial charge in [-0.3, -0.25) is 4.79 Å². The zero-order valence-corrected chi connectivity index (χ0v) is 12.5. The fraction of sp³-hybridized carbons (Fsp3) is 0.562. The summed E-state index contributed by atoms with van der Waals surface area (Å²) in [4.78, 5) is 12.5. The van der Waals surface area contributed by atoms with E-state index in [1.807, 2.05) is 39.0 Å². The monoisotopic (exact) mass is 276 g/mol. The lowest BCUT2D eigenvalue weighted by atomic mass is 10.1. The molecule has 1 aromatic carbocycles. The molecule has 4 nitrogen and oxygen atoms in total. The molecule has 2 unspecified atom stereocenters. The van der Waals surface area contributed by atoms with Gasteiger partial charge in [0.05, 0.1) is 17.7 Å². The van der Waals surface area contributed by atoms with Crippen molar-refractivity contribution in [3.8, 4) is 0 Å². The van der Waals surface area contributed by atoms with Crippen LogP contribution < -0.4 is 10.6 Å². The van der Waals surface area contributed by atoms with E-state index >= 15 is 0 Å². The lowest BCUT2D eigenvalue weighted by Gasteiger charge is -2.21. The van der Waals surface area contributed by atoms with Crippen LogP contribution in [0.1, 0.15) is 42.6 Å². The number of carbonyl (C=O) groups is 1. The van der Waals surface area contributed by atoms with Crippen molar-refractivity contribution in [2.75, 3.05) is 18.5 Å². The fourth-order valence-electron chi connectivity index (χ4n) is 2.56. The van der Waals surface area contributed by atoms with E-state index in [0.717, 1.165) is 37.2 Å². The smallest absolute Gasteiger partial charge is 0.253 e. The second-order valence-electron chi connectivity index (χ2n) is 5.39. The summed E-state index contributed by atoms with van der Waals surface area (Å²) in [6.45, 7) is 7.63. The molecule has 1 amide bonds. The van der Waals surface area contributed by atoms with Gasteiger partial charge in [-0.05, 0) is 45.7 Å². The maximum Gasteiger partial charge on any atom is 0.253 e. The molecule has 1 aliphatic heterocycles. The normalized spacial score (nSPS) is 19.6. The van der Waals surface area contributed by atoms with Gasteiger partial charge in [-0.15, -0.1) is 0 Å². The van der Waals surface area contributed by atoms with Crippen LogP contribution in [0.3, 0.4) is 0 Å². The molecule has 20 heavy (non-hydrogen) atoms. The molecule has 1 fully saturated rings. The van der Waals surface area contributed by atoms with Gasteiger partial charge in [-0.2, -0.15) is 0 Å². The summed E-state index contributed by atoms with van der Waals surface area (Å²) >= 11 is 0. The van der Waals surface area contributed by atoms with Gasteiger partial charge in [0.2, 0.25) is 0 Å². The van der Waals surface area contributed by atoms with E-state index in [9.17, 15) is 4.79 Å². The van der Waals surface area contributed by atoms with Gasteiger partial charge < -0.3 is 15.4 Å². The largest absolute Gasteiger partial charge is 0.385 e. The summed E-state index contributed by atoms with van der Waals surface area (Å²) in [6.07, 6.45) is 2.25. The Kier molecular flexibility index (Phi) is 5.01. The molecule has 0 bridgehead atoms. The topological polar surface area (TPSA) is 50.4 Å². The van der Waals surface area contributed by atoms with Crippen LogP contribution >= 0.6 is 0 Å². The zero-order valence-electron chi connectivity index (χ0n) is 12.5. The molecule has 2 atom stereocenters. The van der Waals surface area contributed by atoms with E-state index in [4.69, 9.17) is 4.74 Å². The number of aryl methyl sites for hydroxylation is 1. The average molecular weight is 276 g/mol. The Labute approximate surface area is 120 Å². The number of anilines is 1. The molecule has 2 rings (SSSR count). The maximum absolute atomic E-state index is 12.5. The molecule has 110 valence electrons. The highest BCUT2D eigenvalue weighted by Gasteiger charge is 2.24. The van der Waals surface area contributed by atoms with Crippen LogP contribution in [0, 0.1) is 6.92 Å². The maximum atomic E-state index is 12.5. The van der Waals surface area contributed by atoms with E-state index in [1.54, 1.807) is 0 Å². The van der Waals surface area contributed by atoms with Gasteiger partial charge in [0.25, 0.3) is 5.91 Å². The number of hydrogen-bond donors (Lipinski definition) is 2. The summed E-state index contributed by atoms with van der Waals surface area (Å²) in [7, 11) is 0. The minimum Gasteiger partial charge on any atom is -0.385 e. The van der Waals surface area contributed by atoms with Crippen molar-refractivity contribution in [3.63, 3.8) is 0 Å². The summed E-state index contributed by atoms with van der Waals surface area (Å²) in [5.74, 6) is -0.0346. The standard InChI is InChI=1S/C16H24N2O2/c1-4-17-14-8-7-11(2)10-13(14)16(19)18-12(3)15-6-5-9-20-15/h7-8,10,12,15,17H,4-6,9H2,1-3H3,(H,18,19). The van der Waals surface area contributed by atoms with E-state index in [0.29, 0.717) is 5.56 Å². The average Bonchev–Trinajstić information content (AvgIpc) is 2.95. The zero-order chi connectivity index (χ0) is 14.5. The van der Waals surface area contributed by atoms with Crippen molar-refractivity contribution in [1.82, 2.24) is 5.32 Å². The van der Waals surface area contributed by atoms with Gasteiger partial charge in [0.15, 0.2) is 0 Å². The molecule has 0 saturated carbocycles. The Balaban J connectivity index is 2.09. The third-order valence-corrected chi connectivity index (χ3v) is 3.67. The first-order valence-corrected chi connectivity index (χ1v) is 7.38. The number of hydrogen-bond acceptors (Lipinski definition) is 3. The van der Waals surface area contributed by atoms with Crippen LogP contribution in [0.4, 0.5) is 5.69 Å². The van der Waals surface area contributed by atoms with Crippen LogP contribution in [0.5, 0.6) is 0 Å².